The van der Waals surface area contributed by atoms with Gasteiger partial charge in [-0.05, 0) is 29.3 Å². The maximum Gasteiger partial charge on any atom is 0.253 e. The minimum atomic E-state index is 0.0226. The molecule has 2 heterocycles. The van der Waals surface area contributed by atoms with Crippen molar-refractivity contribution in [2.45, 2.75) is 12.6 Å². The van der Waals surface area contributed by atoms with Crippen molar-refractivity contribution in [1.82, 2.24) is 19.7 Å². The van der Waals surface area contributed by atoms with Gasteiger partial charge in [-0.2, -0.15) is 0 Å². The standard InChI is InChI=1S/C30H32N4O/c1-32(2)30(35)26-15-13-25(14-16-26)29(27-12-6-10-24-11-7-17-31-28(24)27)34-20-18-33(19-21-34)22-23-8-4-3-5-9-23/h3-17,29H,18-22H2,1-2H3. The molecule has 1 amide bonds. The molecular formula is C30H32N4O. The van der Waals surface area contributed by atoms with E-state index in [0.717, 1.165) is 43.6 Å². The Hall–Kier alpha value is -3.54. The number of para-hydroxylation sites is 1. The molecule has 0 spiro atoms. The summed E-state index contributed by atoms with van der Waals surface area (Å²) in [5.74, 6) is 0.0226. The number of piperazine rings is 1. The van der Waals surface area contributed by atoms with Crippen LogP contribution in [0.25, 0.3) is 10.9 Å². The van der Waals surface area contributed by atoms with Gasteiger partial charge in [0.25, 0.3) is 5.91 Å². The van der Waals surface area contributed by atoms with Gasteiger partial charge in [0.2, 0.25) is 0 Å². The van der Waals surface area contributed by atoms with Crippen LogP contribution in [-0.4, -0.2) is 65.9 Å². The molecule has 3 aromatic carbocycles. The monoisotopic (exact) mass is 464 g/mol. The number of rotatable bonds is 6. The topological polar surface area (TPSA) is 39.7 Å². The van der Waals surface area contributed by atoms with Crippen molar-refractivity contribution in [1.29, 1.82) is 0 Å². The Labute approximate surface area is 207 Å². The van der Waals surface area contributed by atoms with E-state index in [1.807, 2.05) is 24.4 Å². The molecule has 1 aliphatic heterocycles. The van der Waals surface area contributed by atoms with E-state index in [1.54, 1.807) is 19.0 Å². The van der Waals surface area contributed by atoms with Crippen LogP contribution in [0, 0.1) is 0 Å². The van der Waals surface area contributed by atoms with Crippen LogP contribution in [0.15, 0.2) is 91.1 Å². The predicted octanol–water partition coefficient (Wildman–Crippen LogP) is 4.84. The minimum absolute atomic E-state index is 0.0226. The molecule has 178 valence electrons. The van der Waals surface area contributed by atoms with Gasteiger partial charge in [-0.15, -0.1) is 0 Å². The molecule has 0 bridgehead atoms. The van der Waals surface area contributed by atoms with E-state index in [9.17, 15) is 4.79 Å². The van der Waals surface area contributed by atoms with E-state index in [4.69, 9.17) is 4.98 Å². The van der Waals surface area contributed by atoms with Gasteiger partial charge in [0.05, 0.1) is 11.6 Å². The number of hydrogen-bond donors (Lipinski definition) is 0. The zero-order valence-electron chi connectivity index (χ0n) is 20.5. The van der Waals surface area contributed by atoms with Gasteiger partial charge in [-0.3, -0.25) is 19.6 Å². The quantitative estimate of drug-likeness (QED) is 0.409. The fraction of sp³-hybridized carbons (Fsp3) is 0.267. The van der Waals surface area contributed by atoms with Crippen molar-refractivity contribution in [2.75, 3.05) is 40.3 Å². The predicted molar refractivity (Wildman–Crippen MR) is 141 cm³/mol. The van der Waals surface area contributed by atoms with Crippen LogP contribution in [0.4, 0.5) is 0 Å². The number of pyridine rings is 1. The van der Waals surface area contributed by atoms with Gasteiger partial charge >= 0.3 is 0 Å². The first-order valence-corrected chi connectivity index (χ1v) is 12.3. The molecule has 1 aliphatic rings. The number of aromatic nitrogens is 1. The Bertz CT molecular complexity index is 1270. The molecule has 5 rings (SSSR count). The molecule has 5 heteroatoms. The molecule has 35 heavy (non-hydrogen) atoms. The summed E-state index contributed by atoms with van der Waals surface area (Å²) in [5, 5.41) is 1.15. The summed E-state index contributed by atoms with van der Waals surface area (Å²) >= 11 is 0. The maximum absolute atomic E-state index is 12.5. The lowest BCUT2D eigenvalue weighted by Crippen LogP contribution is -2.47. The summed E-state index contributed by atoms with van der Waals surface area (Å²) in [6.07, 6.45) is 1.87. The normalized spacial score (nSPS) is 15.7. The third-order valence-corrected chi connectivity index (χ3v) is 6.86. The number of benzene rings is 3. The summed E-state index contributed by atoms with van der Waals surface area (Å²) < 4.78 is 0. The fourth-order valence-corrected chi connectivity index (χ4v) is 5.02. The van der Waals surface area contributed by atoms with E-state index in [1.165, 1.54) is 16.7 Å². The molecule has 1 unspecified atom stereocenters. The van der Waals surface area contributed by atoms with E-state index >= 15 is 0 Å². The molecule has 1 fully saturated rings. The van der Waals surface area contributed by atoms with Gasteiger partial charge in [0, 0.05) is 69.5 Å². The fourth-order valence-electron chi connectivity index (χ4n) is 5.02. The largest absolute Gasteiger partial charge is 0.345 e. The van der Waals surface area contributed by atoms with Gasteiger partial charge in [0.15, 0.2) is 0 Å². The highest BCUT2D eigenvalue weighted by Crippen LogP contribution is 2.34. The van der Waals surface area contributed by atoms with Crippen LogP contribution in [0.5, 0.6) is 0 Å². The Kier molecular flexibility index (Phi) is 6.89. The third kappa shape index (κ3) is 5.11. The van der Waals surface area contributed by atoms with Crippen molar-refractivity contribution in [3.8, 4) is 0 Å². The Morgan fingerprint density at radius 2 is 1.57 bits per heavy atom. The van der Waals surface area contributed by atoms with Crippen LogP contribution in [0.2, 0.25) is 0 Å². The van der Waals surface area contributed by atoms with Crippen LogP contribution in [-0.2, 0) is 6.54 Å². The molecule has 1 aromatic heterocycles. The third-order valence-electron chi connectivity index (χ3n) is 6.86. The first-order chi connectivity index (χ1) is 17.1. The first kappa shape index (κ1) is 23.2. The number of carbonyl (C=O) groups is 1. The highest BCUT2D eigenvalue weighted by molar-refractivity contribution is 5.94. The lowest BCUT2D eigenvalue weighted by molar-refractivity contribution is 0.0827. The molecule has 0 aliphatic carbocycles. The minimum Gasteiger partial charge on any atom is -0.345 e. The number of hydrogen-bond acceptors (Lipinski definition) is 4. The van der Waals surface area contributed by atoms with Crippen molar-refractivity contribution < 1.29 is 4.79 Å². The van der Waals surface area contributed by atoms with E-state index in [-0.39, 0.29) is 11.9 Å². The summed E-state index contributed by atoms with van der Waals surface area (Å²) in [7, 11) is 3.57. The second kappa shape index (κ2) is 10.4. The molecule has 0 saturated carbocycles. The number of carbonyl (C=O) groups excluding carboxylic acids is 1. The van der Waals surface area contributed by atoms with Crippen LogP contribution in [0.3, 0.4) is 0 Å². The summed E-state index contributed by atoms with van der Waals surface area (Å²) in [6, 6.07) is 29.5. The molecule has 4 aromatic rings. The maximum atomic E-state index is 12.5. The summed E-state index contributed by atoms with van der Waals surface area (Å²) in [5.41, 5.74) is 5.51. The highest BCUT2D eigenvalue weighted by atomic mass is 16.2. The number of amides is 1. The first-order valence-electron chi connectivity index (χ1n) is 12.3. The average Bonchev–Trinajstić information content (AvgIpc) is 2.90. The Morgan fingerprint density at radius 3 is 2.29 bits per heavy atom. The SMILES string of the molecule is CN(C)C(=O)c1ccc(C(c2cccc3cccnc23)N2CCN(Cc3ccccc3)CC2)cc1. The lowest BCUT2D eigenvalue weighted by atomic mass is 9.93. The summed E-state index contributed by atoms with van der Waals surface area (Å²) in [6.45, 7) is 4.95. The van der Waals surface area contributed by atoms with E-state index < -0.39 is 0 Å². The van der Waals surface area contributed by atoms with Crippen LogP contribution in [0.1, 0.15) is 33.1 Å². The molecule has 5 nitrogen and oxygen atoms in total. The smallest absolute Gasteiger partial charge is 0.253 e. The molecule has 1 atom stereocenters. The lowest BCUT2D eigenvalue weighted by Gasteiger charge is -2.40. The van der Waals surface area contributed by atoms with Gasteiger partial charge in [0.1, 0.15) is 0 Å². The van der Waals surface area contributed by atoms with Crippen molar-refractivity contribution in [2.24, 2.45) is 0 Å². The van der Waals surface area contributed by atoms with E-state index in [2.05, 4.69) is 76.5 Å². The Balaban J connectivity index is 1.45. The van der Waals surface area contributed by atoms with Crippen molar-refractivity contribution >= 4 is 16.8 Å². The summed E-state index contributed by atoms with van der Waals surface area (Å²) in [4.78, 5) is 23.9. The average molecular weight is 465 g/mol. The number of nitrogens with zero attached hydrogens (tertiary/aromatic N) is 4. The molecular weight excluding hydrogens is 432 g/mol. The molecule has 0 N–H and O–H groups in total. The molecule has 1 saturated heterocycles. The second-order valence-corrected chi connectivity index (χ2v) is 9.44. The zero-order chi connectivity index (χ0) is 24.2. The van der Waals surface area contributed by atoms with E-state index in [0.29, 0.717) is 5.56 Å². The van der Waals surface area contributed by atoms with Gasteiger partial charge < -0.3 is 4.90 Å². The zero-order valence-corrected chi connectivity index (χ0v) is 20.5. The molecule has 0 radical (unpaired) electrons. The van der Waals surface area contributed by atoms with Crippen LogP contribution >= 0.6 is 0 Å². The van der Waals surface area contributed by atoms with Crippen LogP contribution < -0.4 is 0 Å². The van der Waals surface area contributed by atoms with Gasteiger partial charge in [-0.1, -0.05) is 66.7 Å². The van der Waals surface area contributed by atoms with Gasteiger partial charge in [-0.25, -0.2) is 0 Å². The second-order valence-electron chi connectivity index (χ2n) is 9.44. The van der Waals surface area contributed by atoms with Crippen molar-refractivity contribution in [3.05, 3.63) is 113 Å². The Morgan fingerprint density at radius 1 is 0.857 bits per heavy atom. The highest BCUT2D eigenvalue weighted by Gasteiger charge is 2.28. The number of fused-ring (bicyclic) bond motifs is 1. The van der Waals surface area contributed by atoms with Crippen molar-refractivity contribution in [3.63, 3.8) is 0 Å².